The molecule has 2 amide bonds. The number of carbonyl (C=O) groups excluding carboxylic acids is 1. The zero-order valence-corrected chi connectivity index (χ0v) is 17.2. The standard InChI is InChI=1S/C24H23N3O4/c1-16-6-8-17(9-7-16)12-30-26-15-25-24(28)27-23-19(14-31-27)13-29-21-11-10-18-4-2-3-5-20(18)22(21)23/h2-11,15,19,23H,12-14H2,1H3,(H,25,26,28)/t19-,23+/m0/s1. The second kappa shape index (κ2) is 8.28. The number of nitrogens with one attached hydrogen (secondary N) is 1. The lowest BCUT2D eigenvalue weighted by Crippen LogP contribution is -2.40. The molecule has 2 heterocycles. The summed E-state index contributed by atoms with van der Waals surface area (Å²) in [6.45, 7) is 3.28. The molecule has 0 radical (unpaired) electrons. The number of nitrogens with zero attached hydrogens (tertiary/aromatic N) is 2. The van der Waals surface area contributed by atoms with Crippen LogP contribution in [0.15, 0.2) is 65.8 Å². The van der Waals surface area contributed by atoms with Crippen LogP contribution in [0.3, 0.4) is 0 Å². The average molecular weight is 417 g/mol. The van der Waals surface area contributed by atoms with Gasteiger partial charge in [0.1, 0.15) is 18.7 Å². The van der Waals surface area contributed by atoms with Crippen LogP contribution in [0.4, 0.5) is 4.79 Å². The molecule has 0 bridgehead atoms. The fourth-order valence-corrected chi connectivity index (χ4v) is 4.10. The number of hydroxylamine groups is 2. The van der Waals surface area contributed by atoms with Crippen molar-refractivity contribution in [3.63, 3.8) is 0 Å². The fraction of sp³-hybridized carbons (Fsp3) is 0.250. The number of hydrogen-bond acceptors (Lipinski definition) is 5. The average Bonchev–Trinajstić information content (AvgIpc) is 3.24. The lowest BCUT2D eigenvalue weighted by atomic mass is 9.88. The monoisotopic (exact) mass is 417 g/mol. The topological polar surface area (TPSA) is 72.4 Å². The molecule has 0 saturated carbocycles. The van der Waals surface area contributed by atoms with E-state index < -0.39 is 6.03 Å². The van der Waals surface area contributed by atoms with Gasteiger partial charge in [0.25, 0.3) is 0 Å². The van der Waals surface area contributed by atoms with Crippen LogP contribution in [0.2, 0.25) is 0 Å². The van der Waals surface area contributed by atoms with Gasteiger partial charge in [-0.25, -0.2) is 4.79 Å². The van der Waals surface area contributed by atoms with Gasteiger partial charge in [0.05, 0.1) is 19.3 Å². The van der Waals surface area contributed by atoms with Crippen LogP contribution in [-0.4, -0.2) is 30.6 Å². The van der Waals surface area contributed by atoms with Crippen molar-refractivity contribution in [2.75, 3.05) is 13.2 Å². The van der Waals surface area contributed by atoms with Crippen molar-refractivity contribution in [1.29, 1.82) is 0 Å². The predicted octanol–water partition coefficient (Wildman–Crippen LogP) is 4.31. The van der Waals surface area contributed by atoms with Gasteiger partial charge in [-0.15, -0.1) is 0 Å². The molecule has 2 atom stereocenters. The highest BCUT2D eigenvalue weighted by Gasteiger charge is 2.45. The first kappa shape index (κ1) is 19.4. The van der Waals surface area contributed by atoms with Gasteiger partial charge in [-0.1, -0.05) is 65.3 Å². The number of ether oxygens (including phenoxy) is 1. The summed E-state index contributed by atoms with van der Waals surface area (Å²) in [5.41, 5.74) is 3.17. The van der Waals surface area contributed by atoms with Gasteiger partial charge in [0.2, 0.25) is 0 Å². The van der Waals surface area contributed by atoms with Gasteiger partial charge in [0.15, 0.2) is 0 Å². The molecule has 3 aromatic carbocycles. The molecule has 0 aliphatic carbocycles. The third-order valence-electron chi connectivity index (χ3n) is 5.67. The first-order valence-electron chi connectivity index (χ1n) is 10.3. The normalized spacial score (nSPS) is 19.7. The summed E-state index contributed by atoms with van der Waals surface area (Å²) < 4.78 is 5.95. The van der Waals surface area contributed by atoms with E-state index in [2.05, 4.69) is 22.6 Å². The number of oxime groups is 1. The minimum Gasteiger partial charge on any atom is -0.493 e. The van der Waals surface area contributed by atoms with Crippen molar-refractivity contribution in [3.8, 4) is 5.75 Å². The van der Waals surface area contributed by atoms with E-state index in [4.69, 9.17) is 14.4 Å². The molecule has 0 unspecified atom stereocenters. The molecule has 1 N–H and O–H groups in total. The first-order chi connectivity index (χ1) is 15.2. The quantitative estimate of drug-likeness (QED) is 0.390. The fourth-order valence-electron chi connectivity index (χ4n) is 4.10. The third-order valence-corrected chi connectivity index (χ3v) is 5.67. The first-order valence-corrected chi connectivity index (χ1v) is 10.3. The number of amides is 2. The van der Waals surface area contributed by atoms with Crippen molar-refractivity contribution >= 4 is 23.1 Å². The number of fused-ring (bicyclic) bond motifs is 5. The van der Waals surface area contributed by atoms with Gasteiger partial charge in [-0.3, -0.25) is 10.2 Å². The summed E-state index contributed by atoms with van der Waals surface area (Å²) in [5, 5.41) is 10.0. The van der Waals surface area contributed by atoms with E-state index in [0.717, 1.165) is 27.6 Å². The largest absolute Gasteiger partial charge is 0.493 e. The minimum atomic E-state index is -0.393. The van der Waals surface area contributed by atoms with E-state index >= 15 is 0 Å². The number of carbonyl (C=O) groups is 1. The highest BCUT2D eigenvalue weighted by molar-refractivity contribution is 5.90. The molecular formula is C24H23N3O4. The van der Waals surface area contributed by atoms with Crippen molar-refractivity contribution in [2.24, 2.45) is 11.1 Å². The molecule has 5 rings (SSSR count). The zero-order valence-electron chi connectivity index (χ0n) is 17.2. The Morgan fingerprint density at radius 1 is 1.16 bits per heavy atom. The Kier molecular flexibility index (Phi) is 5.18. The van der Waals surface area contributed by atoms with E-state index in [0.29, 0.717) is 19.8 Å². The second-order valence-electron chi connectivity index (χ2n) is 7.78. The molecular weight excluding hydrogens is 394 g/mol. The molecule has 0 spiro atoms. The number of hydrogen-bond donors (Lipinski definition) is 1. The predicted molar refractivity (Wildman–Crippen MR) is 116 cm³/mol. The van der Waals surface area contributed by atoms with Gasteiger partial charge in [-0.2, -0.15) is 5.06 Å². The maximum absolute atomic E-state index is 12.8. The summed E-state index contributed by atoms with van der Waals surface area (Å²) >= 11 is 0. The van der Waals surface area contributed by atoms with Gasteiger partial charge < -0.3 is 9.57 Å². The zero-order chi connectivity index (χ0) is 21.2. The number of rotatable bonds is 4. The van der Waals surface area contributed by atoms with Gasteiger partial charge in [-0.05, 0) is 29.3 Å². The van der Waals surface area contributed by atoms with E-state index in [-0.39, 0.29) is 12.0 Å². The summed E-state index contributed by atoms with van der Waals surface area (Å²) in [4.78, 5) is 23.8. The Morgan fingerprint density at radius 3 is 2.87 bits per heavy atom. The summed E-state index contributed by atoms with van der Waals surface area (Å²) in [7, 11) is 0. The van der Waals surface area contributed by atoms with E-state index in [1.807, 2.05) is 55.5 Å². The Labute approximate surface area is 180 Å². The van der Waals surface area contributed by atoms with Gasteiger partial charge in [0, 0.05) is 11.5 Å². The van der Waals surface area contributed by atoms with Crippen LogP contribution in [-0.2, 0) is 16.3 Å². The maximum Gasteiger partial charge on any atom is 0.347 e. The highest BCUT2D eigenvalue weighted by atomic mass is 16.7. The highest BCUT2D eigenvalue weighted by Crippen LogP contribution is 2.46. The van der Waals surface area contributed by atoms with Crippen LogP contribution in [0, 0.1) is 12.8 Å². The third kappa shape index (κ3) is 3.80. The van der Waals surface area contributed by atoms with Crippen LogP contribution in [0.5, 0.6) is 5.75 Å². The Bertz CT molecular complexity index is 1130. The molecule has 31 heavy (non-hydrogen) atoms. The van der Waals surface area contributed by atoms with E-state index in [9.17, 15) is 4.79 Å². The second-order valence-corrected chi connectivity index (χ2v) is 7.78. The van der Waals surface area contributed by atoms with Crippen molar-refractivity contribution in [3.05, 3.63) is 77.4 Å². The number of urea groups is 1. The summed E-state index contributed by atoms with van der Waals surface area (Å²) in [5.74, 6) is 0.858. The smallest absolute Gasteiger partial charge is 0.347 e. The van der Waals surface area contributed by atoms with Crippen molar-refractivity contribution in [1.82, 2.24) is 10.4 Å². The molecule has 1 fully saturated rings. The van der Waals surface area contributed by atoms with Crippen LogP contribution >= 0.6 is 0 Å². The molecule has 158 valence electrons. The Hall–Kier alpha value is -3.58. The molecule has 7 heteroatoms. The Morgan fingerprint density at radius 2 is 2.00 bits per heavy atom. The molecule has 7 nitrogen and oxygen atoms in total. The maximum atomic E-state index is 12.8. The number of benzene rings is 3. The molecule has 1 saturated heterocycles. The van der Waals surface area contributed by atoms with Gasteiger partial charge >= 0.3 is 6.03 Å². The summed E-state index contributed by atoms with van der Waals surface area (Å²) in [6.07, 6.45) is 1.25. The lowest BCUT2D eigenvalue weighted by molar-refractivity contribution is -0.0862. The SMILES string of the molecule is Cc1ccc(CON=CNC(=O)N2OC[C@@H]3COc4ccc5ccccc5c4[C@@H]32)cc1. The molecule has 2 aliphatic heterocycles. The van der Waals surface area contributed by atoms with Crippen molar-refractivity contribution < 1.29 is 19.2 Å². The molecule has 0 aromatic heterocycles. The van der Waals surface area contributed by atoms with Crippen LogP contribution < -0.4 is 10.1 Å². The molecule has 2 aliphatic rings. The van der Waals surface area contributed by atoms with Crippen LogP contribution in [0.25, 0.3) is 10.8 Å². The van der Waals surface area contributed by atoms with E-state index in [1.54, 1.807) is 0 Å². The molecule has 3 aromatic rings. The summed E-state index contributed by atoms with van der Waals surface area (Å²) in [6, 6.07) is 19.5. The van der Waals surface area contributed by atoms with Crippen LogP contribution in [0.1, 0.15) is 22.7 Å². The number of aryl methyl sites for hydroxylation is 1. The van der Waals surface area contributed by atoms with E-state index in [1.165, 1.54) is 17.0 Å². The Balaban J connectivity index is 1.28. The lowest BCUT2D eigenvalue weighted by Gasteiger charge is -2.32. The minimum absolute atomic E-state index is 0.0683. The van der Waals surface area contributed by atoms with Crippen molar-refractivity contribution in [2.45, 2.75) is 19.6 Å².